The Hall–Kier alpha value is -4.62. The molecule has 0 saturated carbocycles. The van der Waals surface area contributed by atoms with Crippen molar-refractivity contribution in [1.29, 1.82) is 0 Å². The lowest BCUT2D eigenvalue weighted by Crippen LogP contribution is -2.18. The smallest absolute Gasteiger partial charge is 0.338 e. The van der Waals surface area contributed by atoms with E-state index in [-0.39, 0.29) is 26.7 Å². The molecule has 13 heteroatoms. The Balaban J connectivity index is 1.64. The van der Waals surface area contributed by atoms with Crippen molar-refractivity contribution >= 4 is 43.2 Å². The molecule has 0 amide bonds. The quantitative estimate of drug-likeness (QED) is 0.185. The Morgan fingerprint density at radius 3 is 1.57 bits per heavy atom. The molecule has 0 atom stereocenters. The summed E-state index contributed by atoms with van der Waals surface area (Å²) in [5.74, 6) is -2.85. The second-order valence-electron chi connectivity index (χ2n) is 9.22. The Bertz CT molecular complexity index is 1780. The molecule has 2 N–H and O–H groups in total. The Morgan fingerprint density at radius 1 is 0.643 bits per heavy atom. The molecule has 0 saturated heterocycles. The van der Waals surface area contributed by atoms with Crippen LogP contribution in [0.2, 0.25) is 0 Å². The number of rotatable bonds is 10. The predicted molar refractivity (Wildman–Crippen MR) is 151 cm³/mol. The third-order valence-electron chi connectivity index (χ3n) is 6.08. The van der Waals surface area contributed by atoms with Crippen LogP contribution < -0.4 is 9.44 Å². The standard InChI is InChI=1S/C29H24F2N2O7S2/c1-18-3-4-20(13-19(18)2)28(34)17-40-29(35)21-14-24(32-41(36,37)26-9-5-22(30)6-10-26)16-25(15-21)33-42(38,39)27-11-7-23(31)8-12-27/h3-16,32-33H,17H2,1-2H3. The van der Waals surface area contributed by atoms with Crippen LogP contribution in [-0.2, 0) is 24.8 Å². The number of hydrogen-bond donors (Lipinski definition) is 2. The van der Waals surface area contributed by atoms with E-state index >= 15 is 0 Å². The zero-order valence-electron chi connectivity index (χ0n) is 22.2. The summed E-state index contributed by atoms with van der Waals surface area (Å²) in [4.78, 5) is 24.9. The van der Waals surface area contributed by atoms with Crippen molar-refractivity contribution in [2.45, 2.75) is 23.6 Å². The number of carbonyl (C=O) groups excluding carboxylic acids is 2. The highest BCUT2D eigenvalue weighted by Crippen LogP contribution is 2.25. The van der Waals surface area contributed by atoms with Crippen molar-refractivity contribution in [3.8, 4) is 0 Å². The van der Waals surface area contributed by atoms with Crippen molar-refractivity contribution in [2.75, 3.05) is 16.1 Å². The zero-order valence-corrected chi connectivity index (χ0v) is 23.9. The topological polar surface area (TPSA) is 136 Å². The van der Waals surface area contributed by atoms with Crippen LogP contribution in [0.15, 0.2) is 94.7 Å². The molecule has 218 valence electrons. The number of hydrogen-bond acceptors (Lipinski definition) is 7. The summed E-state index contributed by atoms with van der Waals surface area (Å²) in [5.41, 5.74) is 1.38. The summed E-state index contributed by atoms with van der Waals surface area (Å²) in [7, 11) is -8.60. The molecule has 0 fully saturated rings. The lowest BCUT2D eigenvalue weighted by atomic mass is 10.0. The lowest BCUT2D eigenvalue weighted by molar-refractivity contribution is 0.0475. The summed E-state index contributed by atoms with van der Waals surface area (Å²) in [6.45, 7) is 3.07. The minimum atomic E-state index is -4.30. The van der Waals surface area contributed by atoms with E-state index in [9.17, 15) is 35.2 Å². The number of anilines is 2. The second kappa shape index (κ2) is 12.1. The van der Waals surface area contributed by atoms with Crippen molar-refractivity contribution in [3.05, 3.63) is 119 Å². The highest BCUT2D eigenvalue weighted by molar-refractivity contribution is 7.93. The van der Waals surface area contributed by atoms with Crippen LogP contribution in [0.5, 0.6) is 0 Å². The molecule has 0 radical (unpaired) electrons. The van der Waals surface area contributed by atoms with Crippen molar-refractivity contribution in [3.63, 3.8) is 0 Å². The monoisotopic (exact) mass is 614 g/mol. The molecule has 0 aliphatic heterocycles. The second-order valence-corrected chi connectivity index (χ2v) is 12.6. The van der Waals surface area contributed by atoms with Gasteiger partial charge in [-0.25, -0.2) is 30.4 Å². The molecule has 9 nitrogen and oxygen atoms in total. The van der Waals surface area contributed by atoms with E-state index < -0.39 is 50.0 Å². The van der Waals surface area contributed by atoms with Crippen molar-refractivity contribution in [1.82, 2.24) is 0 Å². The molecule has 4 aromatic rings. The van der Waals surface area contributed by atoms with Crippen LogP contribution in [-0.4, -0.2) is 35.2 Å². The van der Waals surface area contributed by atoms with E-state index in [0.29, 0.717) is 5.56 Å². The molecule has 0 bridgehead atoms. The van der Waals surface area contributed by atoms with Gasteiger partial charge in [0.1, 0.15) is 11.6 Å². The maximum absolute atomic E-state index is 13.3. The molecular formula is C29H24F2N2O7S2. The minimum absolute atomic E-state index is 0.244. The van der Waals surface area contributed by atoms with Crippen LogP contribution in [0.4, 0.5) is 20.2 Å². The summed E-state index contributed by atoms with van der Waals surface area (Å²) < 4.78 is 87.8. The van der Waals surface area contributed by atoms with E-state index in [2.05, 4.69) is 9.44 Å². The number of sulfonamides is 2. The van der Waals surface area contributed by atoms with Gasteiger partial charge in [-0.15, -0.1) is 0 Å². The fourth-order valence-corrected chi connectivity index (χ4v) is 5.81. The number of halogens is 2. The van der Waals surface area contributed by atoms with Crippen LogP contribution in [0.1, 0.15) is 31.8 Å². The number of ketones is 1. The molecule has 4 aromatic carbocycles. The molecule has 4 rings (SSSR count). The van der Waals surface area contributed by atoms with Gasteiger partial charge in [-0.05, 0) is 97.8 Å². The van der Waals surface area contributed by atoms with Gasteiger partial charge in [0.05, 0.1) is 26.7 Å². The summed E-state index contributed by atoms with van der Waals surface area (Å²) in [6.07, 6.45) is 0. The lowest BCUT2D eigenvalue weighted by Gasteiger charge is -2.14. The number of esters is 1. The van der Waals surface area contributed by atoms with Gasteiger partial charge in [-0.1, -0.05) is 12.1 Å². The number of Topliss-reactive ketones (excluding diaryl/α,β-unsaturated/α-hetero) is 1. The summed E-state index contributed by atoms with van der Waals surface area (Å²) in [6, 6.07) is 16.1. The highest BCUT2D eigenvalue weighted by atomic mass is 32.2. The largest absolute Gasteiger partial charge is 0.454 e. The van der Waals surface area contributed by atoms with Gasteiger partial charge in [0.2, 0.25) is 0 Å². The van der Waals surface area contributed by atoms with Gasteiger partial charge in [0.15, 0.2) is 12.4 Å². The van der Waals surface area contributed by atoms with E-state index in [1.54, 1.807) is 18.2 Å². The van der Waals surface area contributed by atoms with Gasteiger partial charge in [0, 0.05) is 5.56 Å². The number of ether oxygens (including phenoxy) is 1. The molecule has 0 unspecified atom stereocenters. The molecule has 0 spiro atoms. The zero-order chi connectivity index (χ0) is 30.7. The van der Waals surface area contributed by atoms with E-state index in [1.165, 1.54) is 0 Å². The average molecular weight is 615 g/mol. The van der Waals surface area contributed by atoms with Crippen LogP contribution in [0.3, 0.4) is 0 Å². The molecule has 0 aromatic heterocycles. The number of carbonyl (C=O) groups is 2. The summed E-state index contributed by atoms with van der Waals surface area (Å²) >= 11 is 0. The molecular weight excluding hydrogens is 590 g/mol. The third-order valence-corrected chi connectivity index (χ3v) is 8.88. The molecule has 0 aliphatic rings. The first kappa shape index (κ1) is 30.3. The Kier molecular flexibility index (Phi) is 8.73. The number of nitrogens with one attached hydrogen (secondary N) is 2. The van der Waals surface area contributed by atoms with Crippen molar-refractivity contribution in [2.24, 2.45) is 0 Å². The maximum atomic E-state index is 13.3. The van der Waals surface area contributed by atoms with Gasteiger partial charge in [-0.3, -0.25) is 14.2 Å². The molecule has 42 heavy (non-hydrogen) atoms. The van der Waals surface area contributed by atoms with Crippen LogP contribution in [0.25, 0.3) is 0 Å². The normalized spacial score (nSPS) is 11.5. The van der Waals surface area contributed by atoms with Crippen molar-refractivity contribution < 1.29 is 39.9 Å². The average Bonchev–Trinajstić information content (AvgIpc) is 2.92. The fourth-order valence-electron chi connectivity index (χ4n) is 3.73. The van der Waals surface area contributed by atoms with Gasteiger partial charge in [0.25, 0.3) is 20.0 Å². The van der Waals surface area contributed by atoms with Crippen LogP contribution in [0, 0.1) is 25.5 Å². The maximum Gasteiger partial charge on any atom is 0.338 e. The first-order valence-electron chi connectivity index (χ1n) is 12.2. The first-order chi connectivity index (χ1) is 19.7. The summed E-state index contributed by atoms with van der Waals surface area (Å²) in [5, 5.41) is 0. The Labute approximate surface area is 241 Å². The predicted octanol–water partition coefficient (Wildman–Crippen LogP) is 5.22. The van der Waals surface area contributed by atoms with E-state index in [1.807, 2.05) is 13.8 Å². The van der Waals surface area contributed by atoms with E-state index in [0.717, 1.165) is 77.9 Å². The molecule has 0 heterocycles. The Morgan fingerprint density at radius 2 is 1.12 bits per heavy atom. The van der Waals surface area contributed by atoms with Crippen LogP contribution >= 0.6 is 0 Å². The first-order valence-corrected chi connectivity index (χ1v) is 15.2. The van der Waals surface area contributed by atoms with Gasteiger partial charge < -0.3 is 4.74 Å². The fraction of sp³-hybridized carbons (Fsp3) is 0.103. The SMILES string of the molecule is Cc1ccc(C(=O)COC(=O)c2cc(NS(=O)(=O)c3ccc(F)cc3)cc(NS(=O)(=O)c3ccc(F)cc3)c2)cc1C. The number of benzene rings is 4. The third kappa shape index (κ3) is 7.36. The van der Waals surface area contributed by atoms with Gasteiger partial charge in [-0.2, -0.15) is 0 Å². The van der Waals surface area contributed by atoms with E-state index in [4.69, 9.17) is 4.74 Å². The highest BCUT2D eigenvalue weighted by Gasteiger charge is 2.21. The van der Waals surface area contributed by atoms with Gasteiger partial charge >= 0.3 is 5.97 Å². The molecule has 0 aliphatic carbocycles. The number of aryl methyl sites for hydroxylation is 2. The minimum Gasteiger partial charge on any atom is -0.454 e.